The van der Waals surface area contributed by atoms with Crippen LogP contribution < -0.4 is 11.1 Å². The maximum atomic E-state index is 10.6. The van der Waals surface area contributed by atoms with Crippen LogP contribution in [-0.4, -0.2) is 18.4 Å². The van der Waals surface area contributed by atoms with E-state index in [2.05, 4.69) is 12.2 Å². The smallest absolute Gasteiger partial charge is 0.220 e. The molecule has 0 saturated carbocycles. The molecule has 1 aliphatic rings. The number of primary amides is 1. The molecule has 0 spiro atoms. The van der Waals surface area contributed by atoms with Crippen molar-refractivity contribution in [3.8, 4) is 0 Å². The normalized spacial score (nSPS) is 17.2. The molecule has 1 aliphatic heterocycles. The summed E-state index contributed by atoms with van der Waals surface area (Å²) in [6.07, 6.45) is 4.52. The van der Waals surface area contributed by atoms with Gasteiger partial charge in [-0.05, 0) is 18.8 Å². The molecular weight excluding hydrogens is 216 g/mol. The molecule has 1 fully saturated rings. The predicted octanol–water partition coefficient (Wildman–Crippen LogP) is 2.22. The van der Waals surface area contributed by atoms with Gasteiger partial charge < -0.3 is 11.1 Å². The summed E-state index contributed by atoms with van der Waals surface area (Å²) in [5, 5.41) is 2.82. The number of hydrogen-bond acceptors (Lipinski definition) is 2. The van der Waals surface area contributed by atoms with Gasteiger partial charge in [-0.25, -0.2) is 0 Å². The zero-order valence-electron chi connectivity index (χ0n) is 11.7. The van der Waals surface area contributed by atoms with Crippen LogP contribution in [0.1, 0.15) is 59.8 Å². The SMILES string of the molecule is CC.CCCC(N)=O.CCC[C@H]1CNC(=O)C1. The van der Waals surface area contributed by atoms with Crippen molar-refractivity contribution in [1.82, 2.24) is 5.32 Å². The van der Waals surface area contributed by atoms with E-state index in [4.69, 9.17) is 5.73 Å². The Morgan fingerprint density at radius 1 is 1.35 bits per heavy atom. The second-order valence-electron chi connectivity index (χ2n) is 3.88. The third kappa shape index (κ3) is 12.9. The Morgan fingerprint density at radius 3 is 2.18 bits per heavy atom. The van der Waals surface area contributed by atoms with Crippen LogP contribution in [0.2, 0.25) is 0 Å². The van der Waals surface area contributed by atoms with Crippen LogP contribution in [0.25, 0.3) is 0 Å². The second kappa shape index (κ2) is 13.0. The zero-order valence-corrected chi connectivity index (χ0v) is 11.7. The number of hydrogen-bond donors (Lipinski definition) is 2. The van der Waals surface area contributed by atoms with E-state index < -0.39 is 0 Å². The second-order valence-corrected chi connectivity index (χ2v) is 3.88. The number of carbonyl (C=O) groups excluding carboxylic acids is 2. The molecular formula is C13H28N2O2. The fourth-order valence-corrected chi connectivity index (χ4v) is 1.52. The molecule has 4 nitrogen and oxygen atoms in total. The van der Waals surface area contributed by atoms with Crippen molar-refractivity contribution in [3.05, 3.63) is 0 Å². The maximum Gasteiger partial charge on any atom is 0.220 e. The Bertz CT molecular complexity index is 206. The highest BCUT2D eigenvalue weighted by atomic mass is 16.2. The molecule has 0 bridgehead atoms. The quantitative estimate of drug-likeness (QED) is 0.796. The van der Waals surface area contributed by atoms with Crippen molar-refractivity contribution >= 4 is 11.8 Å². The first-order chi connectivity index (χ1) is 8.10. The lowest BCUT2D eigenvalue weighted by Gasteiger charge is -2.01. The van der Waals surface area contributed by atoms with Gasteiger partial charge >= 0.3 is 0 Å². The van der Waals surface area contributed by atoms with Crippen LogP contribution in [0.4, 0.5) is 0 Å². The Balaban J connectivity index is 0. The van der Waals surface area contributed by atoms with E-state index in [9.17, 15) is 9.59 Å². The lowest BCUT2D eigenvalue weighted by molar-refractivity contribution is -0.119. The summed E-state index contributed by atoms with van der Waals surface area (Å²) in [4.78, 5) is 20.4. The number of rotatable bonds is 4. The molecule has 4 heteroatoms. The maximum absolute atomic E-state index is 10.6. The fraction of sp³-hybridized carbons (Fsp3) is 0.846. The summed E-state index contributed by atoms with van der Waals surface area (Å²) in [6, 6.07) is 0. The summed E-state index contributed by atoms with van der Waals surface area (Å²) >= 11 is 0. The first-order valence-electron chi connectivity index (χ1n) is 6.65. The highest BCUT2D eigenvalue weighted by molar-refractivity contribution is 5.78. The van der Waals surface area contributed by atoms with Gasteiger partial charge in [0.25, 0.3) is 0 Å². The molecule has 1 rings (SSSR count). The Morgan fingerprint density at radius 2 is 1.94 bits per heavy atom. The minimum Gasteiger partial charge on any atom is -0.370 e. The van der Waals surface area contributed by atoms with Gasteiger partial charge in [-0.2, -0.15) is 0 Å². The van der Waals surface area contributed by atoms with Crippen molar-refractivity contribution in [2.24, 2.45) is 11.7 Å². The van der Waals surface area contributed by atoms with Crippen LogP contribution in [-0.2, 0) is 9.59 Å². The van der Waals surface area contributed by atoms with Crippen molar-refractivity contribution < 1.29 is 9.59 Å². The van der Waals surface area contributed by atoms with E-state index in [0.29, 0.717) is 12.3 Å². The van der Waals surface area contributed by atoms with E-state index in [1.54, 1.807) is 0 Å². The topological polar surface area (TPSA) is 72.2 Å². The van der Waals surface area contributed by atoms with Crippen LogP contribution in [0, 0.1) is 5.92 Å². The summed E-state index contributed by atoms with van der Waals surface area (Å²) in [7, 11) is 0. The predicted molar refractivity (Wildman–Crippen MR) is 71.5 cm³/mol. The van der Waals surface area contributed by atoms with Gasteiger partial charge in [-0.1, -0.05) is 34.1 Å². The summed E-state index contributed by atoms with van der Waals surface area (Å²) in [5.41, 5.74) is 4.76. The van der Waals surface area contributed by atoms with Gasteiger partial charge in [0.05, 0.1) is 0 Å². The summed E-state index contributed by atoms with van der Waals surface area (Å²) in [5.74, 6) is 0.647. The van der Waals surface area contributed by atoms with E-state index in [1.807, 2.05) is 20.8 Å². The van der Waals surface area contributed by atoms with E-state index in [1.165, 1.54) is 12.8 Å². The molecule has 1 atom stereocenters. The van der Waals surface area contributed by atoms with Crippen LogP contribution in [0.5, 0.6) is 0 Å². The van der Waals surface area contributed by atoms with Gasteiger partial charge in [0.1, 0.15) is 0 Å². The molecule has 0 aromatic rings. The molecule has 0 aromatic heterocycles. The number of amides is 2. The standard InChI is InChI=1S/C7H13NO.C4H9NO.C2H6/c1-2-3-6-4-7(9)8-5-6;1-2-3-4(5)6;1-2/h6H,2-5H2,1H3,(H,8,9);2-3H2,1H3,(H2,5,6);1-2H3/t6-;;/m1../s1. The van der Waals surface area contributed by atoms with Crippen molar-refractivity contribution in [1.29, 1.82) is 0 Å². The van der Waals surface area contributed by atoms with Crippen molar-refractivity contribution in [2.75, 3.05) is 6.54 Å². The first kappa shape index (κ1) is 18.3. The minimum absolute atomic E-state index is 0.211. The van der Waals surface area contributed by atoms with Gasteiger partial charge in [-0.3, -0.25) is 9.59 Å². The van der Waals surface area contributed by atoms with Gasteiger partial charge in [0.2, 0.25) is 11.8 Å². The molecule has 0 unspecified atom stereocenters. The van der Waals surface area contributed by atoms with Gasteiger partial charge in [0.15, 0.2) is 0 Å². The number of carbonyl (C=O) groups is 2. The highest BCUT2D eigenvalue weighted by Crippen LogP contribution is 2.14. The molecule has 0 radical (unpaired) electrons. The first-order valence-corrected chi connectivity index (χ1v) is 6.65. The van der Waals surface area contributed by atoms with Crippen LogP contribution >= 0.6 is 0 Å². The van der Waals surface area contributed by atoms with Crippen LogP contribution in [0.15, 0.2) is 0 Å². The Kier molecular flexibility index (Phi) is 14.0. The average Bonchev–Trinajstić information content (AvgIpc) is 2.68. The van der Waals surface area contributed by atoms with Gasteiger partial charge in [-0.15, -0.1) is 0 Å². The minimum atomic E-state index is -0.211. The molecule has 2 amide bonds. The third-order valence-corrected chi connectivity index (χ3v) is 2.26. The number of nitrogens with one attached hydrogen (secondary N) is 1. The molecule has 102 valence electrons. The summed E-state index contributed by atoms with van der Waals surface area (Å²) in [6.45, 7) is 8.99. The number of nitrogens with two attached hydrogens (primary N) is 1. The third-order valence-electron chi connectivity index (χ3n) is 2.26. The van der Waals surface area contributed by atoms with Crippen LogP contribution in [0.3, 0.4) is 0 Å². The van der Waals surface area contributed by atoms with Crippen molar-refractivity contribution in [2.45, 2.75) is 59.8 Å². The van der Waals surface area contributed by atoms with Gasteiger partial charge in [0, 0.05) is 19.4 Å². The monoisotopic (exact) mass is 244 g/mol. The Hall–Kier alpha value is -1.06. The molecule has 3 N–H and O–H groups in total. The highest BCUT2D eigenvalue weighted by Gasteiger charge is 2.19. The lowest BCUT2D eigenvalue weighted by atomic mass is 10.0. The van der Waals surface area contributed by atoms with Crippen molar-refractivity contribution in [3.63, 3.8) is 0 Å². The average molecular weight is 244 g/mol. The lowest BCUT2D eigenvalue weighted by Crippen LogP contribution is -2.13. The zero-order chi connectivity index (χ0) is 13.7. The fourth-order valence-electron chi connectivity index (χ4n) is 1.52. The Labute approximate surface area is 105 Å². The largest absolute Gasteiger partial charge is 0.370 e. The van der Waals surface area contributed by atoms with E-state index in [-0.39, 0.29) is 11.8 Å². The van der Waals surface area contributed by atoms with E-state index in [0.717, 1.165) is 19.4 Å². The molecule has 1 saturated heterocycles. The summed E-state index contributed by atoms with van der Waals surface area (Å²) < 4.78 is 0. The molecule has 1 heterocycles. The van der Waals surface area contributed by atoms with E-state index >= 15 is 0 Å². The molecule has 0 aromatic carbocycles. The molecule has 0 aliphatic carbocycles. The molecule has 17 heavy (non-hydrogen) atoms.